The molecule has 0 aliphatic heterocycles. The molecule has 0 saturated heterocycles. The Labute approximate surface area is 318 Å². The molecular weight excluding hydrogens is 693 g/mol. The average Bonchev–Trinajstić information content (AvgIpc) is 3.88. The zero-order valence-electron chi connectivity index (χ0n) is 29.4. The second kappa shape index (κ2) is 12.2. The lowest BCUT2D eigenvalue weighted by atomic mass is 10.0. The molecule has 0 amide bonds. The normalized spacial score (nSPS) is 12.3. The molecule has 0 aliphatic carbocycles. The first-order chi connectivity index (χ1) is 27.2. The van der Waals surface area contributed by atoms with Crippen molar-refractivity contribution in [1.29, 1.82) is 5.26 Å². The second-order valence-corrected chi connectivity index (χ2v) is 15.3. The summed E-state index contributed by atoms with van der Waals surface area (Å²) in [4.78, 5) is 1.37. The highest BCUT2D eigenvalue weighted by Gasteiger charge is 2.23. The molecule has 0 saturated carbocycles. The summed E-state index contributed by atoms with van der Waals surface area (Å²) in [5.41, 5.74) is 10.5. The summed E-state index contributed by atoms with van der Waals surface area (Å²) in [5.74, 6) is 0. The van der Waals surface area contributed by atoms with Gasteiger partial charge < -0.3 is 13.7 Å². The third-order valence-electron chi connectivity index (χ3n) is 10.9. The van der Waals surface area contributed by atoms with Gasteiger partial charge in [-0.15, -0.1) is 0 Å². The minimum Gasteiger partial charge on any atom is -0.309 e. The molecular formula is C49H30N4OS. The van der Waals surface area contributed by atoms with Gasteiger partial charge in [0.2, 0.25) is 0 Å². The van der Waals surface area contributed by atoms with Crippen molar-refractivity contribution in [1.82, 2.24) is 13.7 Å². The van der Waals surface area contributed by atoms with E-state index in [4.69, 9.17) is 0 Å². The van der Waals surface area contributed by atoms with Crippen LogP contribution in [0.25, 0.3) is 82.5 Å². The second-order valence-electron chi connectivity index (χ2n) is 13.9. The van der Waals surface area contributed by atoms with Crippen LogP contribution in [0.15, 0.2) is 192 Å². The highest BCUT2D eigenvalue weighted by molar-refractivity contribution is 7.85. The van der Waals surface area contributed by atoms with Crippen LogP contribution in [0.1, 0.15) is 5.56 Å². The summed E-state index contributed by atoms with van der Waals surface area (Å²) < 4.78 is 20.8. The molecule has 0 aliphatic rings. The Morgan fingerprint density at radius 1 is 0.382 bits per heavy atom. The lowest BCUT2D eigenvalue weighted by Gasteiger charge is -2.11. The maximum Gasteiger partial charge on any atom is 0.0991 e. The van der Waals surface area contributed by atoms with E-state index in [9.17, 15) is 9.47 Å². The first-order valence-corrected chi connectivity index (χ1v) is 19.4. The Kier molecular flexibility index (Phi) is 6.94. The van der Waals surface area contributed by atoms with Crippen molar-refractivity contribution in [3.05, 3.63) is 188 Å². The van der Waals surface area contributed by atoms with E-state index in [-0.39, 0.29) is 0 Å². The van der Waals surface area contributed by atoms with Gasteiger partial charge in [0.05, 0.1) is 55.5 Å². The number of rotatable bonds is 5. The lowest BCUT2D eigenvalue weighted by Crippen LogP contribution is -1.97. The molecule has 8 aromatic carbocycles. The fourth-order valence-corrected chi connectivity index (χ4v) is 9.56. The van der Waals surface area contributed by atoms with Crippen molar-refractivity contribution in [2.45, 2.75) is 9.79 Å². The number of nitrogens with zero attached hydrogens (tertiary/aromatic N) is 4. The molecule has 3 aromatic heterocycles. The minimum atomic E-state index is -1.39. The number of hydrogen-bond acceptors (Lipinski definition) is 2. The SMILES string of the molecule is N#Cc1ccc(S(=O)c2ccc(-n3c4cc5c(cc4c4c6c7ccccc7n(-c7ccccc7)c6ccc43)c3ccccc3n5-c3ccccc3)cc2)cc1. The zero-order valence-corrected chi connectivity index (χ0v) is 30.2. The highest BCUT2D eigenvalue weighted by Crippen LogP contribution is 2.45. The number of nitriles is 1. The van der Waals surface area contributed by atoms with E-state index in [0.717, 1.165) is 50.2 Å². The van der Waals surface area contributed by atoms with Gasteiger partial charge in [-0.05, 0) is 109 Å². The van der Waals surface area contributed by atoms with Crippen molar-refractivity contribution >= 4 is 76.2 Å². The summed E-state index contributed by atoms with van der Waals surface area (Å²) in [6.07, 6.45) is 0. The van der Waals surface area contributed by atoms with Crippen LogP contribution in [0.5, 0.6) is 0 Å². The molecule has 11 aromatic rings. The Hall–Kier alpha value is -7.20. The number of para-hydroxylation sites is 4. The molecule has 0 bridgehead atoms. The van der Waals surface area contributed by atoms with Crippen molar-refractivity contribution in [3.63, 3.8) is 0 Å². The lowest BCUT2D eigenvalue weighted by molar-refractivity contribution is 0.683. The van der Waals surface area contributed by atoms with Gasteiger partial charge in [-0.3, -0.25) is 0 Å². The van der Waals surface area contributed by atoms with Gasteiger partial charge in [-0.1, -0.05) is 72.8 Å². The van der Waals surface area contributed by atoms with Crippen LogP contribution in [0.2, 0.25) is 0 Å². The third kappa shape index (κ3) is 4.67. The monoisotopic (exact) mass is 722 g/mol. The maximum atomic E-state index is 13.7. The predicted octanol–water partition coefficient (Wildman–Crippen LogP) is 12.0. The fraction of sp³-hybridized carbons (Fsp3) is 0. The van der Waals surface area contributed by atoms with Crippen LogP contribution in [0.4, 0.5) is 0 Å². The van der Waals surface area contributed by atoms with E-state index in [0.29, 0.717) is 15.4 Å². The minimum absolute atomic E-state index is 0.545. The van der Waals surface area contributed by atoms with Crippen LogP contribution in [0.3, 0.4) is 0 Å². The van der Waals surface area contributed by atoms with Gasteiger partial charge in [-0.2, -0.15) is 5.26 Å². The van der Waals surface area contributed by atoms with Gasteiger partial charge in [0.1, 0.15) is 0 Å². The summed E-state index contributed by atoms with van der Waals surface area (Å²) in [6.45, 7) is 0. The van der Waals surface area contributed by atoms with Crippen LogP contribution >= 0.6 is 0 Å². The van der Waals surface area contributed by atoms with E-state index in [1.807, 2.05) is 12.1 Å². The maximum absolute atomic E-state index is 13.7. The van der Waals surface area contributed by atoms with Gasteiger partial charge in [0.25, 0.3) is 0 Å². The van der Waals surface area contributed by atoms with E-state index in [2.05, 4.69) is 165 Å². The molecule has 1 unspecified atom stereocenters. The molecule has 0 radical (unpaired) electrons. The molecule has 3 heterocycles. The van der Waals surface area contributed by atoms with Crippen LogP contribution in [0, 0.1) is 11.3 Å². The van der Waals surface area contributed by atoms with Crippen molar-refractivity contribution in [2.24, 2.45) is 0 Å². The Bertz CT molecular complexity index is 3370. The van der Waals surface area contributed by atoms with Crippen LogP contribution in [-0.4, -0.2) is 17.9 Å². The summed E-state index contributed by atoms with van der Waals surface area (Å²) in [6, 6.07) is 65.0. The van der Waals surface area contributed by atoms with E-state index in [1.54, 1.807) is 24.3 Å². The van der Waals surface area contributed by atoms with Gasteiger partial charge in [0, 0.05) is 59.2 Å². The predicted molar refractivity (Wildman–Crippen MR) is 225 cm³/mol. The van der Waals surface area contributed by atoms with Gasteiger partial charge in [-0.25, -0.2) is 4.21 Å². The van der Waals surface area contributed by atoms with E-state index < -0.39 is 10.8 Å². The van der Waals surface area contributed by atoms with Crippen molar-refractivity contribution < 1.29 is 4.21 Å². The number of fused-ring (bicyclic) bond motifs is 10. The first-order valence-electron chi connectivity index (χ1n) is 18.2. The number of benzene rings is 8. The van der Waals surface area contributed by atoms with Crippen molar-refractivity contribution in [3.8, 4) is 23.1 Å². The molecule has 11 rings (SSSR count). The van der Waals surface area contributed by atoms with Gasteiger partial charge in [0.15, 0.2) is 0 Å². The number of aromatic nitrogens is 3. The van der Waals surface area contributed by atoms with Gasteiger partial charge >= 0.3 is 0 Å². The number of hydrogen-bond donors (Lipinski definition) is 0. The molecule has 1 atom stereocenters. The summed E-state index contributed by atoms with van der Waals surface area (Å²) in [7, 11) is -1.39. The van der Waals surface area contributed by atoms with Crippen molar-refractivity contribution in [2.75, 3.05) is 0 Å². The molecule has 55 heavy (non-hydrogen) atoms. The topological polar surface area (TPSA) is 55.6 Å². The highest BCUT2D eigenvalue weighted by atomic mass is 32.2. The average molecular weight is 723 g/mol. The Balaban J connectivity index is 1.24. The fourth-order valence-electron chi connectivity index (χ4n) is 8.52. The van der Waals surface area contributed by atoms with E-state index in [1.165, 1.54) is 32.3 Å². The summed E-state index contributed by atoms with van der Waals surface area (Å²) in [5, 5.41) is 16.4. The molecule has 258 valence electrons. The van der Waals surface area contributed by atoms with E-state index >= 15 is 0 Å². The quantitative estimate of drug-likeness (QED) is 0.178. The molecule has 5 nitrogen and oxygen atoms in total. The third-order valence-corrected chi connectivity index (χ3v) is 12.3. The van der Waals surface area contributed by atoms with Crippen LogP contribution in [-0.2, 0) is 10.8 Å². The standard InChI is InChI=1S/C49H30N4OS/c50-31-32-19-23-36(24-20-32)55(54)37-25-21-35(22-26-37)53-45-28-27-44-48(39-16-8-10-18-43(39)51(44)33-11-3-1-4-12-33)49(45)41-29-40-38-15-7-9-17-42(38)52(46(40)30-47(41)53)34-13-5-2-6-14-34/h1-30H. The largest absolute Gasteiger partial charge is 0.309 e. The zero-order chi connectivity index (χ0) is 36.6. The van der Waals surface area contributed by atoms with Crippen LogP contribution < -0.4 is 0 Å². The molecule has 0 fully saturated rings. The molecule has 0 N–H and O–H groups in total. The smallest absolute Gasteiger partial charge is 0.0991 e. The first kappa shape index (κ1) is 31.3. The Morgan fingerprint density at radius 3 is 1.45 bits per heavy atom. The Morgan fingerprint density at radius 2 is 0.836 bits per heavy atom. The molecule has 0 spiro atoms. The summed E-state index contributed by atoms with van der Waals surface area (Å²) >= 11 is 0. The molecule has 6 heteroatoms.